The molecule has 0 heterocycles. The molecule has 0 amide bonds. The second kappa shape index (κ2) is 12.4. The molecule has 71 valence electrons. The van der Waals surface area contributed by atoms with Crippen LogP contribution in [0, 0.1) is 0 Å². The van der Waals surface area contributed by atoms with Crippen molar-refractivity contribution in [3.63, 3.8) is 0 Å². The molecule has 0 rings (SSSR count). The van der Waals surface area contributed by atoms with E-state index in [0.29, 0.717) is 0 Å². The fourth-order valence-corrected chi connectivity index (χ4v) is 0. The molecule has 8 nitrogen and oxygen atoms in total. The molecular weight excluding hydrogens is 299 g/mol. The Hall–Kier alpha value is 2.37. The standard InChI is InChI=1S/F.K.2H3O4P.V/c;;2*1-5(2,3)4;/h;;2*(H3,1,2,3,4);/q;+1;;;+5/p-6. The molecule has 0 aromatic rings. The number of hydrogen-bond donors (Lipinski definition) is 0. The fraction of sp³-hybridized carbons (Fsp3) is 0. The third kappa shape index (κ3) is 391. The Kier molecular flexibility index (Phi) is 28.2. The van der Waals surface area contributed by atoms with Crippen LogP contribution in [0.2, 0.25) is 0 Å². The van der Waals surface area contributed by atoms with Crippen LogP contribution in [0.4, 0.5) is 4.70 Å². The van der Waals surface area contributed by atoms with Crippen LogP contribution in [-0.2, 0) is 27.7 Å². The summed E-state index contributed by atoms with van der Waals surface area (Å²) >= 11 is 0. The minimum atomic E-state index is -5.39. The molecule has 0 unspecified atom stereocenters. The van der Waals surface area contributed by atoms with Crippen LogP contribution >= 0.6 is 15.6 Å². The van der Waals surface area contributed by atoms with Crippen LogP contribution in [0.15, 0.2) is 0 Å². The minimum absolute atomic E-state index is 0. The predicted octanol–water partition coefficient (Wildman–Crippen LogP) is -8.23. The Bertz CT molecular complexity index is 134. The summed E-state index contributed by atoms with van der Waals surface area (Å²) < 4.78 is 17.1. The first-order valence-corrected chi connectivity index (χ1v) is 4.38. The van der Waals surface area contributed by atoms with E-state index in [9.17, 15) is 0 Å². The van der Waals surface area contributed by atoms with E-state index in [0.717, 1.165) is 0 Å². The molecule has 13 heavy (non-hydrogen) atoms. The van der Waals surface area contributed by atoms with Crippen molar-refractivity contribution in [1.29, 1.82) is 0 Å². The molecular formula is FKO8P2V. The Morgan fingerprint density at radius 2 is 0.692 bits per heavy atom. The average Bonchev–Trinajstić information content (AvgIpc) is 1.12. The molecule has 0 atom stereocenters. The summed E-state index contributed by atoms with van der Waals surface area (Å²) in [7, 11) is -10.8. The van der Waals surface area contributed by atoms with Gasteiger partial charge in [0, 0.05) is 4.70 Å². The molecule has 13 heteroatoms. The topological polar surface area (TPSA) is 172 Å². The van der Waals surface area contributed by atoms with E-state index in [-0.39, 0.29) is 74.6 Å². The summed E-state index contributed by atoms with van der Waals surface area (Å²) in [5.41, 5.74) is 0. The zero-order valence-corrected chi connectivity index (χ0v) is 12.3. The summed E-state index contributed by atoms with van der Waals surface area (Å²) in [6, 6.07) is 0. The van der Waals surface area contributed by atoms with Gasteiger partial charge in [-0.25, -0.2) is 0 Å². The van der Waals surface area contributed by atoms with Gasteiger partial charge in [-0.1, -0.05) is 0 Å². The Morgan fingerprint density at radius 1 is 0.692 bits per heavy atom. The molecule has 0 aliphatic carbocycles. The molecule has 0 bridgehead atoms. The molecule has 0 aliphatic heterocycles. The summed E-state index contributed by atoms with van der Waals surface area (Å²) in [5, 5.41) is 0. The molecule has 0 fully saturated rings. The number of halogens is 1. The maximum Gasteiger partial charge on any atom is 5.00 e. The number of hydrogen-bond acceptors (Lipinski definition) is 8. The molecule has 0 saturated carbocycles. The Labute approximate surface area is 127 Å². The summed E-state index contributed by atoms with van der Waals surface area (Å²) in [6.45, 7) is 0. The van der Waals surface area contributed by atoms with Crippen molar-refractivity contribution in [3.8, 4) is 0 Å². The van der Waals surface area contributed by atoms with Gasteiger partial charge in [0.15, 0.2) is 0 Å². The fourth-order valence-electron chi connectivity index (χ4n) is 0. The monoisotopic (exact) mass is 299 g/mol. The number of rotatable bonds is 0. The van der Waals surface area contributed by atoms with Crippen LogP contribution in [0.25, 0.3) is 0 Å². The third-order valence-corrected chi connectivity index (χ3v) is 0. The van der Waals surface area contributed by atoms with Gasteiger partial charge in [-0.2, -0.15) is 15.6 Å². The van der Waals surface area contributed by atoms with Crippen LogP contribution in [0.3, 0.4) is 0 Å². The van der Waals surface area contributed by atoms with Gasteiger partial charge >= 0.3 is 69.9 Å². The second-order valence-corrected chi connectivity index (χ2v) is 2.68. The minimum Gasteiger partial charge on any atom is -0.822 e. The average molecular weight is 299 g/mol. The van der Waals surface area contributed by atoms with E-state index in [1.54, 1.807) is 0 Å². The molecule has 0 aromatic heterocycles. The normalized spacial score (nSPS) is 9.08. The molecule has 0 aromatic carbocycles. The first kappa shape index (κ1) is 29.5. The molecule has 0 N–H and O–H groups in total. The van der Waals surface area contributed by atoms with Crippen molar-refractivity contribution < 1.29 is 113 Å². The van der Waals surface area contributed by atoms with Crippen molar-refractivity contribution in [2.75, 3.05) is 0 Å². The van der Waals surface area contributed by atoms with Crippen molar-refractivity contribution in [3.05, 3.63) is 0 Å². The van der Waals surface area contributed by atoms with Crippen LogP contribution in [0.5, 0.6) is 0 Å². The first-order valence-electron chi connectivity index (χ1n) is 1.46. The zero-order chi connectivity index (χ0) is 9.00. The maximum absolute atomic E-state index is 8.55. The van der Waals surface area contributed by atoms with Gasteiger partial charge < -0.3 is 38.5 Å². The van der Waals surface area contributed by atoms with Crippen LogP contribution < -0.4 is 80.7 Å². The predicted molar refractivity (Wildman–Crippen MR) is 16.3 cm³/mol. The first-order chi connectivity index (χ1) is 4.00. The zero-order valence-electron chi connectivity index (χ0n) is 5.99. The molecule has 0 aliphatic rings. The van der Waals surface area contributed by atoms with Crippen molar-refractivity contribution in [2.45, 2.75) is 0 Å². The van der Waals surface area contributed by atoms with E-state index >= 15 is 0 Å². The van der Waals surface area contributed by atoms with Gasteiger partial charge in [0.2, 0.25) is 0 Å². The third-order valence-electron chi connectivity index (χ3n) is 0. The summed E-state index contributed by atoms with van der Waals surface area (Å²) in [5.74, 6) is 0. The van der Waals surface area contributed by atoms with Crippen molar-refractivity contribution in [2.24, 2.45) is 0 Å². The van der Waals surface area contributed by atoms with E-state index < -0.39 is 15.6 Å². The van der Waals surface area contributed by atoms with Crippen molar-refractivity contribution in [1.82, 2.24) is 0 Å². The van der Waals surface area contributed by atoms with Gasteiger partial charge in [0.25, 0.3) is 0 Å². The summed E-state index contributed by atoms with van der Waals surface area (Å²) in [4.78, 5) is 51.3. The van der Waals surface area contributed by atoms with Crippen LogP contribution in [0.1, 0.15) is 0 Å². The maximum atomic E-state index is 8.55. The van der Waals surface area contributed by atoms with E-state index in [2.05, 4.69) is 0 Å². The van der Waals surface area contributed by atoms with Gasteiger partial charge in [-0.15, -0.1) is 0 Å². The van der Waals surface area contributed by atoms with E-state index in [1.165, 1.54) is 0 Å². The molecule has 0 saturated heterocycles. The quantitative estimate of drug-likeness (QED) is 0.313. The number of phosphoric acid groups is 2. The van der Waals surface area contributed by atoms with E-state index in [4.69, 9.17) is 38.5 Å². The van der Waals surface area contributed by atoms with Gasteiger partial charge in [0.05, 0.1) is 0 Å². The van der Waals surface area contributed by atoms with Crippen LogP contribution in [-0.4, -0.2) is 0 Å². The molecule has 0 spiro atoms. The Balaban J connectivity index is -0.0000000267. The second-order valence-electron chi connectivity index (χ2n) is 0.894. The van der Waals surface area contributed by atoms with E-state index in [1.807, 2.05) is 0 Å². The van der Waals surface area contributed by atoms with Crippen molar-refractivity contribution >= 4 is 15.6 Å². The molecule has 1 radical (unpaired) electrons. The summed E-state index contributed by atoms with van der Waals surface area (Å²) in [6.07, 6.45) is 0. The largest absolute Gasteiger partial charge is 5.00 e. The van der Waals surface area contributed by atoms with Gasteiger partial charge in [-0.3, -0.25) is 0 Å². The van der Waals surface area contributed by atoms with Gasteiger partial charge in [-0.05, 0) is 0 Å². The smallest absolute Gasteiger partial charge is 0.822 e. The SMILES string of the molecule is O=P([O-])([O-])[O-].O=P([O-])([O-])[O-].[F].[K+].[V+5]. The Morgan fingerprint density at radius 3 is 0.692 bits per heavy atom. The van der Waals surface area contributed by atoms with Gasteiger partial charge in [0.1, 0.15) is 0 Å².